The lowest BCUT2D eigenvalue weighted by atomic mass is 10.1. The fourth-order valence-corrected chi connectivity index (χ4v) is 2.92. The van der Waals surface area contributed by atoms with Crippen molar-refractivity contribution in [3.63, 3.8) is 0 Å². The standard InChI is InChI=1S/C18H13BrN2O6/c1-25-15-8-10(14(21(23)24)9-16(15)26-2)7-13-18(22)27-17(20-13)11-5-3-4-6-12(11)19/h3-9H,1-2H3/b13-7-. The summed E-state index contributed by atoms with van der Waals surface area (Å²) in [4.78, 5) is 27.2. The van der Waals surface area contributed by atoms with E-state index < -0.39 is 10.9 Å². The Labute approximate surface area is 162 Å². The number of halogens is 1. The average Bonchev–Trinajstić information content (AvgIpc) is 3.01. The third kappa shape index (κ3) is 3.68. The van der Waals surface area contributed by atoms with E-state index in [4.69, 9.17) is 14.2 Å². The molecule has 3 rings (SSSR count). The first-order valence-electron chi connectivity index (χ1n) is 7.62. The lowest BCUT2D eigenvalue weighted by molar-refractivity contribution is -0.385. The summed E-state index contributed by atoms with van der Waals surface area (Å²) in [6.45, 7) is 0. The van der Waals surface area contributed by atoms with E-state index in [-0.39, 0.29) is 34.3 Å². The Morgan fingerprint density at radius 3 is 2.48 bits per heavy atom. The zero-order chi connectivity index (χ0) is 19.6. The summed E-state index contributed by atoms with van der Waals surface area (Å²) in [5, 5.41) is 11.4. The van der Waals surface area contributed by atoms with E-state index in [9.17, 15) is 14.9 Å². The highest BCUT2D eigenvalue weighted by Gasteiger charge is 2.27. The minimum Gasteiger partial charge on any atom is -0.493 e. The summed E-state index contributed by atoms with van der Waals surface area (Å²) in [7, 11) is 2.79. The summed E-state index contributed by atoms with van der Waals surface area (Å²) < 4.78 is 16.2. The molecule has 8 nitrogen and oxygen atoms in total. The summed E-state index contributed by atoms with van der Waals surface area (Å²) in [6, 6.07) is 9.74. The topological polar surface area (TPSA) is 100 Å². The number of nitrogens with zero attached hydrogens (tertiary/aromatic N) is 2. The Morgan fingerprint density at radius 1 is 1.19 bits per heavy atom. The number of carbonyl (C=O) groups is 1. The first-order valence-corrected chi connectivity index (χ1v) is 8.41. The van der Waals surface area contributed by atoms with Gasteiger partial charge in [-0.2, -0.15) is 0 Å². The maximum atomic E-state index is 12.2. The first kappa shape index (κ1) is 18.6. The molecule has 0 spiro atoms. The number of hydrogen-bond acceptors (Lipinski definition) is 7. The number of nitro benzene ring substituents is 1. The molecule has 138 valence electrons. The molecule has 2 aromatic rings. The van der Waals surface area contributed by atoms with Gasteiger partial charge in [0, 0.05) is 4.47 Å². The molecular formula is C18H13BrN2O6. The molecule has 0 atom stereocenters. The van der Waals surface area contributed by atoms with Gasteiger partial charge in [0.15, 0.2) is 17.2 Å². The van der Waals surface area contributed by atoms with Crippen LogP contribution in [0.1, 0.15) is 11.1 Å². The summed E-state index contributed by atoms with van der Waals surface area (Å²) in [6.07, 6.45) is 1.28. The molecule has 1 aliphatic rings. The Kier molecular flexibility index (Phi) is 5.22. The second kappa shape index (κ2) is 7.58. The van der Waals surface area contributed by atoms with E-state index in [1.807, 2.05) is 6.07 Å². The van der Waals surface area contributed by atoms with Crippen LogP contribution in [0.5, 0.6) is 11.5 Å². The molecule has 0 amide bonds. The second-order valence-corrected chi connectivity index (χ2v) is 6.19. The van der Waals surface area contributed by atoms with Crippen molar-refractivity contribution < 1.29 is 23.9 Å². The number of ether oxygens (including phenoxy) is 3. The fraction of sp³-hybridized carbons (Fsp3) is 0.111. The smallest absolute Gasteiger partial charge is 0.363 e. The van der Waals surface area contributed by atoms with Gasteiger partial charge in [-0.1, -0.05) is 12.1 Å². The van der Waals surface area contributed by atoms with Crippen LogP contribution in [0.25, 0.3) is 6.08 Å². The number of hydrogen-bond donors (Lipinski definition) is 0. The Hall–Kier alpha value is -3.20. The number of esters is 1. The number of nitro groups is 1. The molecule has 1 heterocycles. The van der Waals surface area contributed by atoms with Crippen molar-refractivity contribution in [2.45, 2.75) is 0 Å². The van der Waals surface area contributed by atoms with Crippen molar-refractivity contribution >= 4 is 39.6 Å². The highest BCUT2D eigenvalue weighted by Crippen LogP contribution is 2.36. The van der Waals surface area contributed by atoms with Gasteiger partial charge in [-0.15, -0.1) is 0 Å². The normalized spacial score (nSPS) is 14.7. The van der Waals surface area contributed by atoms with Gasteiger partial charge in [0.05, 0.1) is 36.3 Å². The summed E-state index contributed by atoms with van der Waals surface area (Å²) in [5.41, 5.74) is 0.423. The van der Waals surface area contributed by atoms with Gasteiger partial charge in [-0.25, -0.2) is 9.79 Å². The average molecular weight is 433 g/mol. The van der Waals surface area contributed by atoms with Gasteiger partial charge >= 0.3 is 5.97 Å². The number of cyclic esters (lactones) is 1. The van der Waals surface area contributed by atoms with Gasteiger partial charge < -0.3 is 14.2 Å². The largest absolute Gasteiger partial charge is 0.493 e. The molecule has 2 aromatic carbocycles. The van der Waals surface area contributed by atoms with Gasteiger partial charge in [-0.3, -0.25) is 10.1 Å². The molecule has 0 aromatic heterocycles. The number of benzene rings is 2. The Morgan fingerprint density at radius 2 is 1.85 bits per heavy atom. The van der Waals surface area contributed by atoms with Gasteiger partial charge in [0.1, 0.15) is 0 Å². The molecule has 0 saturated carbocycles. The van der Waals surface area contributed by atoms with Crippen LogP contribution < -0.4 is 9.47 Å². The fourth-order valence-electron chi connectivity index (χ4n) is 2.46. The maximum absolute atomic E-state index is 12.2. The highest BCUT2D eigenvalue weighted by atomic mass is 79.9. The van der Waals surface area contributed by atoms with Crippen molar-refractivity contribution in [1.82, 2.24) is 0 Å². The molecule has 0 aliphatic carbocycles. The van der Waals surface area contributed by atoms with Crippen molar-refractivity contribution in [3.05, 3.63) is 67.8 Å². The monoisotopic (exact) mass is 432 g/mol. The zero-order valence-electron chi connectivity index (χ0n) is 14.3. The minimum atomic E-state index is -0.704. The van der Waals surface area contributed by atoms with Crippen molar-refractivity contribution in [2.75, 3.05) is 14.2 Å². The van der Waals surface area contributed by atoms with E-state index in [1.54, 1.807) is 18.2 Å². The van der Waals surface area contributed by atoms with Crippen molar-refractivity contribution in [3.8, 4) is 11.5 Å². The Bertz CT molecular complexity index is 999. The maximum Gasteiger partial charge on any atom is 0.363 e. The highest BCUT2D eigenvalue weighted by molar-refractivity contribution is 9.10. The minimum absolute atomic E-state index is 0.0592. The van der Waals surface area contributed by atoms with Crippen LogP contribution in [0.2, 0.25) is 0 Å². The molecule has 0 unspecified atom stereocenters. The molecule has 0 bridgehead atoms. The van der Waals surface area contributed by atoms with Crippen molar-refractivity contribution in [1.29, 1.82) is 0 Å². The van der Waals surface area contributed by atoms with Crippen LogP contribution in [0.15, 0.2) is 51.6 Å². The number of aliphatic imine (C=N–C) groups is 1. The third-order valence-corrected chi connectivity index (χ3v) is 4.44. The van der Waals surface area contributed by atoms with Crippen LogP contribution in [0, 0.1) is 10.1 Å². The first-order chi connectivity index (χ1) is 12.9. The zero-order valence-corrected chi connectivity index (χ0v) is 15.8. The number of carbonyl (C=O) groups excluding carboxylic acids is 1. The molecule has 0 N–H and O–H groups in total. The second-order valence-electron chi connectivity index (χ2n) is 5.34. The van der Waals surface area contributed by atoms with Gasteiger partial charge in [-0.05, 0) is 40.2 Å². The third-order valence-electron chi connectivity index (χ3n) is 3.75. The van der Waals surface area contributed by atoms with Crippen molar-refractivity contribution in [2.24, 2.45) is 4.99 Å². The van der Waals surface area contributed by atoms with Crippen LogP contribution >= 0.6 is 15.9 Å². The molecule has 0 saturated heterocycles. The van der Waals surface area contributed by atoms with E-state index in [0.29, 0.717) is 10.0 Å². The molecule has 0 radical (unpaired) electrons. The van der Waals surface area contributed by atoms with E-state index in [0.717, 1.165) is 0 Å². The predicted octanol–water partition coefficient (Wildman–Crippen LogP) is 3.72. The van der Waals surface area contributed by atoms with Gasteiger partial charge in [0.25, 0.3) is 5.69 Å². The molecule has 9 heteroatoms. The van der Waals surface area contributed by atoms with Crippen LogP contribution in [-0.2, 0) is 9.53 Å². The summed E-state index contributed by atoms with van der Waals surface area (Å²) in [5.74, 6) is -0.0965. The van der Waals surface area contributed by atoms with Crippen LogP contribution in [0.4, 0.5) is 5.69 Å². The van der Waals surface area contributed by atoms with Crippen LogP contribution in [0.3, 0.4) is 0 Å². The lowest BCUT2D eigenvalue weighted by Gasteiger charge is -2.08. The van der Waals surface area contributed by atoms with E-state index in [1.165, 1.54) is 32.4 Å². The van der Waals surface area contributed by atoms with E-state index in [2.05, 4.69) is 20.9 Å². The Balaban J connectivity index is 2.09. The number of rotatable bonds is 5. The van der Waals surface area contributed by atoms with Gasteiger partial charge in [0.2, 0.25) is 5.90 Å². The summed E-state index contributed by atoms with van der Waals surface area (Å²) >= 11 is 3.37. The van der Waals surface area contributed by atoms with Crippen LogP contribution in [-0.4, -0.2) is 31.0 Å². The molecule has 0 fully saturated rings. The molecular weight excluding hydrogens is 420 g/mol. The SMILES string of the molecule is COc1cc(/C=C2\N=C(c3ccccc3Br)OC2=O)c([N+](=O)[O-])cc1OC. The van der Waals surface area contributed by atoms with E-state index >= 15 is 0 Å². The number of methoxy groups -OCH3 is 2. The molecule has 1 aliphatic heterocycles. The predicted molar refractivity (Wildman–Crippen MR) is 101 cm³/mol. The lowest BCUT2D eigenvalue weighted by Crippen LogP contribution is -2.06. The molecule has 27 heavy (non-hydrogen) atoms. The quantitative estimate of drug-likeness (QED) is 0.309.